The zero-order valence-corrected chi connectivity index (χ0v) is 21.4. The van der Waals surface area contributed by atoms with Crippen LogP contribution in [0.1, 0.15) is 29.8 Å². The molecule has 2 aromatic heterocycles. The number of hydrogen-bond donors (Lipinski definition) is 1. The minimum Gasteiger partial charge on any atom is -0.478 e. The lowest BCUT2D eigenvalue weighted by Gasteiger charge is -2.27. The number of aromatic carboxylic acids is 1. The number of aryl methyl sites for hydroxylation is 2. The van der Waals surface area contributed by atoms with Crippen molar-refractivity contribution in [3.05, 3.63) is 65.7 Å². The van der Waals surface area contributed by atoms with Gasteiger partial charge in [0.25, 0.3) is 0 Å². The molecule has 7 heteroatoms. The van der Waals surface area contributed by atoms with E-state index in [1.807, 2.05) is 13.0 Å². The third-order valence-electron chi connectivity index (χ3n) is 7.70. The van der Waals surface area contributed by atoms with Crippen LogP contribution in [0, 0.1) is 0 Å². The smallest absolute Gasteiger partial charge is 0.336 e. The van der Waals surface area contributed by atoms with Crippen molar-refractivity contribution in [1.29, 1.82) is 0 Å². The van der Waals surface area contributed by atoms with Gasteiger partial charge in [-0.3, -0.25) is 4.90 Å². The Kier molecular flexibility index (Phi) is 6.18. The summed E-state index contributed by atoms with van der Waals surface area (Å²) in [5.74, 6) is -0.0207. The van der Waals surface area contributed by atoms with E-state index in [4.69, 9.17) is 9.72 Å². The summed E-state index contributed by atoms with van der Waals surface area (Å²) < 4.78 is 10.2. The molecule has 0 radical (unpaired) electrons. The van der Waals surface area contributed by atoms with Crippen LogP contribution < -0.4 is 0 Å². The molecule has 3 aromatic carbocycles. The maximum Gasteiger partial charge on any atom is 0.336 e. The van der Waals surface area contributed by atoms with Crippen molar-refractivity contribution in [3.8, 4) is 11.4 Å². The Hall–Kier alpha value is -3.68. The lowest BCUT2D eigenvalue weighted by molar-refractivity contribution is 0.0366. The molecule has 0 atom stereocenters. The Bertz CT molecular complexity index is 1630. The number of carboxylic acid groups (broad SMARTS) is 1. The van der Waals surface area contributed by atoms with Crippen LogP contribution in [0.4, 0.5) is 0 Å². The summed E-state index contributed by atoms with van der Waals surface area (Å²) in [5.41, 5.74) is 6.39. The van der Waals surface area contributed by atoms with E-state index in [1.165, 1.54) is 21.8 Å². The van der Waals surface area contributed by atoms with Crippen molar-refractivity contribution in [2.45, 2.75) is 33.4 Å². The number of rotatable bonds is 7. The van der Waals surface area contributed by atoms with Gasteiger partial charge in [-0.05, 0) is 55.3 Å². The minimum absolute atomic E-state index is 0.334. The molecular weight excluding hydrogens is 464 g/mol. The Morgan fingerprint density at radius 1 is 0.919 bits per heavy atom. The molecule has 1 aliphatic rings. The average molecular weight is 497 g/mol. The number of nitrogens with zero attached hydrogens (tertiary/aromatic N) is 4. The van der Waals surface area contributed by atoms with Crippen molar-refractivity contribution >= 4 is 38.8 Å². The first-order valence-corrected chi connectivity index (χ1v) is 13.2. The maximum atomic E-state index is 12.0. The van der Waals surface area contributed by atoms with E-state index in [0.29, 0.717) is 12.0 Å². The van der Waals surface area contributed by atoms with Crippen molar-refractivity contribution in [2.24, 2.45) is 0 Å². The van der Waals surface area contributed by atoms with Gasteiger partial charge in [0.2, 0.25) is 0 Å². The highest BCUT2D eigenvalue weighted by Gasteiger charge is 2.21. The molecule has 7 nitrogen and oxygen atoms in total. The van der Waals surface area contributed by atoms with Crippen LogP contribution >= 0.6 is 0 Å². The largest absolute Gasteiger partial charge is 0.478 e. The number of fused-ring (bicyclic) bond motifs is 4. The first-order chi connectivity index (χ1) is 18.1. The molecule has 1 aliphatic heterocycles. The summed E-state index contributed by atoms with van der Waals surface area (Å²) in [4.78, 5) is 19.5. The molecule has 5 aromatic rings. The highest BCUT2D eigenvalue weighted by Crippen LogP contribution is 2.34. The second kappa shape index (κ2) is 9.65. The second-order valence-corrected chi connectivity index (χ2v) is 9.65. The predicted octanol–water partition coefficient (Wildman–Crippen LogP) is 5.42. The molecule has 3 heterocycles. The lowest BCUT2D eigenvalue weighted by atomic mass is 10.0. The highest BCUT2D eigenvalue weighted by molar-refractivity contribution is 6.09. The molecule has 0 bridgehead atoms. The van der Waals surface area contributed by atoms with Crippen molar-refractivity contribution in [1.82, 2.24) is 19.0 Å². The normalized spacial score (nSPS) is 14.8. The topological polar surface area (TPSA) is 72.5 Å². The van der Waals surface area contributed by atoms with E-state index >= 15 is 0 Å². The zero-order valence-electron chi connectivity index (χ0n) is 21.4. The Morgan fingerprint density at radius 3 is 2.43 bits per heavy atom. The number of aromatic nitrogens is 3. The number of imidazole rings is 1. The van der Waals surface area contributed by atoms with Gasteiger partial charge < -0.3 is 19.0 Å². The van der Waals surface area contributed by atoms with Gasteiger partial charge in [0.15, 0.2) is 0 Å². The van der Waals surface area contributed by atoms with Crippen molar-refractivity contribution in [2.75, 3.05) is 32.8 Å². The molecule has 0 saturated carbocycles. The SMILES string of the molecule is CCc1c(C(=O)O)ccc2c1nc(-c1ccc3c(c1)c1ccccc1n3CC)n2CCN1CCOCC1. The summed E-state index contributed by atoms with van der Waals surface area (Å²) in [6, 6.07) is 18.8. The fourth-order valence-electron chi connectivity index (χ4n) is 5.85. The summed E-state index contributed by atoms with van der Waals surface area (Å²) in [6.07, 6.45) is 0.613. The molecule has 6 rings (SSSR count). The highest BCUT2D eigenvalue weighted by atomic mass is 16.5. The van der Waals surface area contributed by atoms with Gasteiger partial charge in [-0.15, -0.1) is 0 Å². The Balaban J connectivity index is 1.54. The number of carbonyl (C=O) groups is 1. The van der Waals surface area contributed by atoms with Gasteiger partial charge in [-0.25, -0.2) is 9.78 Å². The molecule has 1 N–H and O–H groups in total. The molecule has 0 amide bonds. The van der Waals surface area contributed by atoms with Crippen LogP contribution in [-0.4, -0.2) is 62.9 Å². The van der Waals surface area contributed by atoms with Gasteiger partial charge in [0, 0.05) is 60.1 Å². The lowest BCUT2D eigenvalue weighted by Crippen LogP contribution is -2.38. The molecule has 1 saturated heterocycles. The van der Waals surface area contributed by atoms with Gasteiger partial charge in [0.05, 0.1) is 29.8 Å². The third kappa shape index (κ3) is 3.99. The third-order valence-corrected chi connectivity index (χ3v) is 7.70. The monoisotopic (exact) mass is 496 g/mol. The fraction of sp³-hybridized carbons (Fsp3) is 0.333. The molecule has 0 unspecified atom stereocenters. The Labute approximate surface area is 215 Å². The van der Waals surface area contributed by atoms with Crippen LogP contribution in [0.15, 0.2) is 54.6 Å². The number of ether oxygens (including phenoxy) is 1. The average Bonchev–Trinajstić information content (AvgIpc) is 3.46. The van der Waals surface area contributed by atoms with Gasteiger partial charge >= 0.3 is 5.97 Å². The van der Waals surface area contributed by atoms with Crippen LogP contribution in [0.3, 0.4) is 0 Å². The Morgan fingerprint density at radius 2 is 1.68 bits per heavy atom. The fourth-order valence-corrected chi connectivity index (χ4v) is 5.85. The molecule has 190 valence electrons. The van der Waals surface area contributed by atoms with E-state index in [1.54, 1.807) is 6.07 Å². The molecule has 0 spiro atoms. The van der Waals surface area contributed by atoms with E-state index in [9.17, 15) is 9.90 Å². The molecular formula is C30H32N4O3. The maximum absolute atomic E-state index is 12.0. The second-order valence-electron chi connectivity index (χ2n) is 9.65. The summed E-state index contributed by atoms with van der Waals surface area (Å²) >= 11 is 0. The quantitative estimate of drug-likeness (QED) is 0.326. The summed E-state index contributed by atoms with van der Waals surface area (Å²) in [7, 11) is 0. The summed E-state index contributed by atoms with van der Waals surface area (Å²) in [5, 5.41) is 12.3. The first-order valence-electron chi connectivity index (χ1n) is 13.2. The summed E-state index contributed by atoms with van der Waals surface area (Å²) in [6.45, 7) is 10.1. The van der Waals surface area contributed by atoms with E-state index in [0.717, 1.165) is 73.9 Å². The van der Waals surface area contributed by atoms with Crippen LogP contribution in [0.5, 0.6) is 0 Å². The van der Waals surface area contributed by atoms with Gasteiger partial charge in [0.1, 0.15) is 5.82 Å². The van der Waals surface area contributed by atoms with Crippen molar-refractivity contribution in [3.63, 3.8) is 0 Å². The predicted molar refractivity (Wildman–Crippen MR) is 147 cm³/mol. The molecule has 0 aliphatic carbocycles. The standard InChI is InChI=1S/C30H32N4O3/c1-3-21-23(30(35)36)10-12-27-28(21)31-29(34(27)14-13-32-15-17-37-18-16-32)20-9-11-26-24(19-20)22-7-5-6-8-25(22)33(26)4-2/h5-12,19H,3-4,13-18H2,1-2H3,(H,35,36). The number of carboxylic acids is 1. The van der Waals surface area contributed by atoms with Crippen LogP contribution in [0.25, 0.3) is 44.2 Å². The first kappa shape index (κ1) is 23.7. The number of hydrogen-bond acceptors (Lipinski definition) is 4. The molecule has 37 heavy (non-hydrogen) atoms. The van der Waals surface area contributed by atoms with Crippen molar-refractivity contribution < 1.29 is 14.6 Å². The van der Waals surface area contributed by atoms with Gasteiger partial charge in [-0.2, -0.15) is 0 Å². The number of benzene rings is 3. The van der Waals surface area contributed by atoms with Crippen LogP contribution in [0.2, 0.25) is 0 Å². The zero-order chi connectivity index (χ0) is 25.5. The van der Waals surface area contributed by atoms with E-state index in [2.05, 4.69) is 63.4 Å². The van der Waals surface area contributed by atoms with E-state index in [-0.39, 0.29) is 0 Å². The van der Waals surface area contributed by atoms with Gasteiger partial charge in [-0.1, -0.05) is 25.1 Å². The number of para-hydroxylation sites is 1. The van der Waals surface area contributed by atoms with Crippen LogP contribution in [-0.2, 0) is 24.2 Å². The number of morpholine rings is 1. The van der Waals surface area contributed by atoms with E-state index < -0.39 is 5.97 Å². The minimum atomic E-state index is -0.906. The molecule has 1 fully saturated rings.